The average Bonchev–Trinajstić information content (AvgIpc) is 2.62. The third-order valence-electron chi connectivity index (χ3n) is 3.29. The van der Waals surface area contributed by atoms with Crippen LogP contribution in [0.15, 0.2) is 18.2 Å². The smallest absolute Gasteiger partial charge is 0.239 e. The van der Waals surface area contributed by atoms with E-state index in [9.17, 15) is 14.3 Å². The Hall–Kier alpha value is -1.66. The van der Waals surface area contributed by atoms with E-state index in [1.165, 1.54) is 12.1 Å². The summed E-state index contributed by atoms with van der Waals surface area (Å²) in [5.74, 6) is -1.18. The molecule has 1 aliphatic heterocycles. The van der Waals surface area contributed by atoms with Gasteiger partial charge >= 0.3 is 0 Å². The van der Waals surface area contributed by atoms with Gasteiger partial charge in [0.1, 0.15) is 17.6 Å². The van der Waals surface area contributed by atoms with E-state index in [0.717, 1.165) is 25.6 Å². The SMILES string of the molecule is NC(=O)C(c1cc(F)ccc1O)N1CCCNCC1. The number of primary amides is 1. The highest BCUT2D eigenvalue weighted by Gasteiger charge is 2.28. The number of rotatable bonds is 3. The predicted molar refractivity (Wildman–Crippen MR) is 69.1 cm³/mol. The molecule has 104 valence electrons. The maximum atomic E-state index is 13.3. The van der Waals surface area contributed by atoms with Gasteiger partial charge in [0.2, 0.25) is 5.91 Å². The van der Waals surface area contributed by atoms with E-state index in [2.05, 4.69) is 5.32 Å². The van der Waals surface area contributed by atoms with Crippen LogP contribution in [0.3, 0.4) is 0 Å². The monoisotopic (exact) mass is 267 g/mol. The van der Waals surface area contributed by atoms with Crippen molar-refractivity contribution in [3.8, 4) is 5.75 Å². The summed E-state index contributed by atoms with van der Waals surface area (Å²) >= 11 is 0. The van der Waals surface area contributed by atoms with Crippen LogP contribution in [0.2, 0.25) is 0 Å². The fourth-order valence-corrected chi connectivity index (χ4v) is 2.40. The van der Waals surface area contributed by atoms with Gasteiger partial charge in [-0.15, -0.1) is 0 Å². The van der Waals surface area contributed by atoms with Crippen LogP contribution in [-0.2, 0) is 4.79 Å². The number of aromatic hydroxyl groups is 1. The van der Waals surface area contributed by atoms with Crippen LogP contribution < -0.4 is 11.1 Å². The van der Waals surface area contributed by atoms with Crippen LogP contribution in [-0.4, -0.2) is 42.1 Å². The highest BCUT2D eigenvalue weighted by molar-refractivity contribution is 5.82. The van der Waals surface area contributed by atoms with Crippen LogP contribution in [0.5, 0.6) is 5.75 Å². The Morgan fingerprint density at radius 3 is 2.95 bits per heavy atom. The summed E-state index contributed by atoms with van der Waals surface area (Å²) in [7, 11) is 0. The molecule has 0 bridgehead atoms. The lowest BCUT2D eigenvalue weighted by Gasteiger charge is -2.28. The maximum Gasteiger partial charge on any atom is 0.239 e. The number of phenolic OH excluding ortho intramolecular Hbond substituents is 1. The van der Waals surface area contributed by atoms with E-state index in [0.29, 0.717) is 13.1 Å². The third kappa shape index (κ3) is 3.21. The number of carbonyl (C=O) groups excluding carboxylic acids is 1. The lowest BCUT2D eigenvalue weighted by atomic mass is 10.0. The molecule has 19 heavy (non-hydrogen) atoms. The fraction of sp³-hybridized carbons (Fsp3) is 0.462. The molecular weight excluding hydrogens is 249 g/mol. The van der Waals surface area contributed by atoms with Crippen LogP contribution in [0.4, 0.5) is 4.39 Å². The zero-order valence-electron chi connectivity index (χ0n) is 10.6. The van der Waals surface area contributed by atoms with Gasteiger partial charge in [-0.3, -0.25) is 9.69 Å². The van der Waals surface area contributed by atoms with Gasteiger partial charge in [0.25, 0.3) is 0 Å². The molecule has 1 aliphatic rings. The van der Waals surface area contributed by atoms with E-state index >= 15 is 0 Å². The van der Waals surface area contributed by atoms with Crippen LogP contribution in [0.25, 0.3) is 0 Å². The number of hydrogen-bond donors (Lipinski definition) is 3. The molecule has 0 aliphatic carbocycles. The van der Waals surface area contributed by atoms with Crippen molar-refractivity contribution in [2.75, 3.05) is 26.2 Å². The van der Waals surface area contributed by atoms with Crippen molar-refractivity contribution in [3.63, 3.8) is 0 Å². The molecule has 0 radical (unpaired) electrons. The molecule has 6 heteroatoms. The molecule has 2 rings (SSSR count). The van der Waals surface area contributed by atoms with Gasteiger partial charge in [-0.1, -0.05) is 0 Å². The number of nitrogens with one attached hydrogen (secondary N) is 1. The summed E-state index contributed by atoms with van der Waals surface area (Å²) in [6.07, 6.45) is 0.875. The number of benzene rings is 1. The Morgan fingerprint density at radius 1 is 1.42 bits per heavy atom. The van der Waals surface area contributed by atoms with Crippen LogP contribution >= 0.6 is 0 Å². The molecule has 0 spiro atoms. The van der Waals surface area contributed by atoms with Crippen molar-refractivity contribution >= 4 is 5.91 Å². The van der Waals surface area contributed by atoms with E-state index in [1.807, 2.05) is 4.90 Å². The number of amides is 1. The molecule has 1 aromatic carbocycles. The maximum absolute atomic E-state index is 13.3. The first-order chi connectivity index (χ1) is 9.09. The van der Waals surface area contributed by atoms with Gasteiger partial charge in [-0.05, 0) is 31.2 Å². The van der Waals surface area contributed by atoms with Crippen LogP contribution in [0.1, 0.15) is 18.0 Å². The number of nitrogens with two attached hydrogens (primary N) is 1. The third-order valence-corrected chi connectivity index (χ3v) is 3.29. The highest BCUT2D eigenvalue weighted by Crippen LogP contribution is 2.29. The number of nitrogens with zero attached hydrogens (tertiary/aromatic N) is 1. The fourth-order valence-electron chi connectivity index (χ4n) is 2.40. The van der Waals surface area contributed by atoms with Gasteiger partial charge < -0.3 is 16.2 Å². The molecule has 1 unspecified atom stereocenters. The summed E-state index contributed by atoms with van der Waals surface area (Å²) in [6.45, 7) is 2.91. The van der Waals surface area contributed by atoms with Crippen LogP contribution in [0, 0.1) is 5.82 Å². The number of phenols is 1. The van der Waals surface area contributed by atoms with Gasteiger partial charge in [-0.25, -0.2) is 4.39 Å². The van der Waals surface area contributed by atoms with E-state index in [-0.39, 0.29) is 11.3 Å². The minimum absolute atomic E-state index is 0.109. The second-order valence-corrected chi connectivity index (χ2v) is 4.65. The van der Waals surface area contributed by atoms with Crippen molar-refractivity contribution in [3.05, 3.63) is 29.6 Å². The zero-order chi connectivity index (χ0) is 13.8. The van der Waals surface area contributed by atoms with Crippen molar-refractivity contribution in [1.29, 1.82) is 0 Å². The Labute approximate surface area is 111 Å². The van der Waals surface area contributed by atoms with Gasteiger partial charge in [-0.2, -0.15) is 0 Å². The molecule has 1 aromatic rings. The molecule has 1 heterocycles. The normalized spacial score (nSPS) is 18.8. The molecular formula is C13H18FN3O2. The van der Waals surface area contributed by atoms with Crippen molar-refractivity contribution < 1.29 is 14.3 Å². The molecule has 5 nitrogen and oxygen atoms in total. The minimum atomic E-state index is -0.796. The first-order valence-corrected chi connectivity index (χ1v) is 6.32. The molecule has 4 N–H and O–H groups in total. The Bertz CT molecular complexity index is 459. The Morgan fingerprint density at radius 2 is 2.21 bits per heavy atom. The summed E-state index contributed by atoms with van der Waals surface area (Å²) in [4.78, 5) is 13.6. The Balaban J connectivity index is 2.33. The summed E-state index contributed by atoms with van der Waals surface area (Å²) in [6, 6.07) is 2.77. The van der Waals surface area contributed by atoms with Gasteiger partial charge in [0.15, 0.2) is 0 Å². The quantitative estimate of drug-likeness (QED) is 0.738. The van der Waals surface area contributed by atoms with E-state index in [1.54, 1.807) is 0 Å². The summed E-state index contributed by atoms with van der Waals surface area (Å²) in [5, 5.41) is 13.1. The largest absolute Gasteiger partial charge is 0.508 e. The lowest BCUT2D eigenvalue weighted by molar-refractivity contribution is -0.123. The molecule has 1 saturated heterocycles. The molecule has 1 atom stereocenters. The first kappa shape index (κ1) is 13.8. The second-order valence-electron chi connectivity index (χ2n) is 4.65. The standard InChI is InChI=1S/C13H18FN3O2/c14-9-2-3-11(18)10(8-9)12(13(15)19)17-6-1-4-16-5-7-17/h2-3,8,12,16,18H,1,4-7H2,(H2,15,19). The minimum Gasteiger partial charge on any atom is -0.508 e. The van der Waals surface area contributed by atoms with Crippen molar-refractivity contribution in [2.45, 2.75) is 12.5 Å². The first-order valence-electron chi connectivity index (χ1n) is 6.32. The summed E-state index contributed by atoms with van der Waals surface area (Å²) < 4.78 is 13.3. The lowest BCUT2D eigenvalue weighted by Crippen LogP contribution is -2.39. The zero-order valence-corrected chi connectivity index (χ0v) is 10.6. The van der Waals surface area contributed by atoms with E-state index in [4.69, 9.17) is 5.73 Å². The van der Waals surface area contributed by atoms with Crippen molar-refractivity contribution in [2.24, 2.45) is 5.73 Å². The van der Waals surface area contributed by atoms with Gasteiger partial charge in [0, 0.05) is 25.2 Å². The summed E-state index contributed by atoms with van der Waals surface area (Å²) in [5.41, 5.74) is 5.67. The predicted octanol–water partition coefficient (Wildman–Crippen LogP) is 0.353. The highest BCUT2D eigenvalue weighted by atomic mass is 19.1. The number of halogens is 1. The molecule has 0 aromatic heterocycles. The average molecular weight is 267 g/mol. The molecule has 0 saturated carbocycles. The van der Waals surface area contributed by atoms with E-state index < -0.39 is 17.8 Å². The molecule has 1 amide bonds. The van der Waals surface area contributed by atoms with Gasteiger partial charge in [0.05, 0.1) is 0 Å². The molecule has 1 fully saturated rings. The Kier molecular flexibility index (Phi) is 4.34. The number of hydrogen-bond acceptors (Lipinski definition) is 4. The second kappa shape index (κ2) is 5.99. The number of carbonyl (C=O) groups is 1. The van der Waals surface area contributed by atoms with Crippen molar-refractivity contribution in [1.82, 2.24) is 10.2 Å². The topological polar surface area (TPSA) is 78.6 Å².